The number of urea groups is 1. The van der Waals surface area contributed by atoms with Gasteiger partial charge in [-0.3, -0.25) is 14.9 Å². The molecule has 0 radical (unpaired) electrons. The first-order chi connectivity index (χ1) is 13.4. The lowest BCUT2D eigenvalue weighted by Gasteiger charge is -2.26. The first-order valence-corrected chi connectivity index (χ1v) is 9.21. The van der Waals surface area contributed by atoms with Crippen molar-refractivity contribution in [3.63, 3.8) is 0 Å². The molecule has 4 amide bonds. The summed E-state index contributed by atoms with van der Waals surface area (Å²) in [5, 5.41) is 2.21. The van der Waals surface area contributed by atoms with Crippen LogP contribution in [0.25, 0.3) is 6.08 Å². The van der Waals surface area contributed by atoms with E-state index < -0.39 is 17.8 Å². The summed E-state index contributed by atoms with van der Waals surface area (Å²) in [4.78, 5) is 38.3. The molecule has 2 aromatic rings. The lowest BCUT2D eigenvalue weighted by atomic mass is 10.1. The third-order valence-corrected chi connectivity index (χ3v) is 4.95. The van der Waals surface area contributed by atoms with Crippen molar-refractivity contribution < 1.29 is 19.1 Å². The largest absolute Gasteiger partial charge is 0.490 e. The van der Waals surface area contributed by atoms with Crippen LogP contribution >= 0.6 is 15.9 Å². The van der Waals surface area contributed by atoms with Crippen molar-refractivity contribution in [2.75, 3.05) is 11.5 Å². The molecule has 0 bridgehead atoms. The number of nitrogens with zero attached hydrogens (tertiary/aromatic N) is 1. The molecule has 7 heteroatoms. The average molecular weight is 441 g/mol. The van der Waals surface area contributed by atoms with Crippen LogP contribution in [-0.4, -0.2) is 24.5 Å². The third kappa shape index (κ3) is 4.04. The van der Waals surface area contributed by atoms with E-state index in [-0.39, 0.29) is 5.57 Å². The Morgan fingerprint density at radius 1 is 1.14 bits per heavy atom. The van der Waals surface area contributed by atoms with Crippen LogP contribution in [0.1, 0.15) is 11.1 Å². The molecule has 3 rings (SSSR count). The zero-order valence-electron chi connectivity index (χ0n) is 15.1. The van der Waals surface area contributed by atoms with E-state index in [4.69, 9.17) is 4.74 Å². The van der Waals surface area contributed by atoms with E-state index in [1.54, 1.807) is 48.5 Å². The van der Waals surface area contributed by atoms with E-state index in [2.05, 4.69) is 27.8 Å². The molecule has 1 aliphatic rings. The summed E-state index contributed by atoms with van der Waals surface area (Å²) < 4.78 is 6.26. The van der Waals surface area contributed by atoms with Gasteiger partial charge in [-0.25, -0.2) is 9.69 Å². The van der Waals surface area contributed by atoms with Crippen molar-refractivity contribution in [1.82, 2.24) is 5.32 Å². The quantitative estimate of drug-likeness (QED) is 0.433. The molecular weight excluding hydrogens is 424 g/mol. The van der Waals surface area contributed by atoms with Crippen molar-refractivity contribution >= 4 is 45.5 Å². The van der Waals surface area contributed by atoms with Gasteiger partial charge in [0, 0.05) is 4.47 Å². The Morgan fingerprint density at radius 3 is 2.50 bits per heavy atom. The molecule has 0 saturated carbocycles. The number of rotatable bonds is 5. The first kappa shape index (κ1) is 19.6. The Balaban J connectivity index is 1.91. The summed E-state index contributed by atoms with van der Waals surface area (Å²) in [6.07, 6.45) is 3.08. The molecule has 6 nitrogen and oxygen atoms in total. The maximum atomic E-state index is 12.9. The predicted octanol–water partition coefficient (Wildman–Crippen LogP) is 3.99. The number of anilines is 1. The smallest absolute Gasteiger partial charge is 0.335 e. The summed E-state index contributed by atoms with van der Waals surface area (Å²) in [5.74, 6) is -0.766. The molecule has 1 heterocycles. The standard InChI is InChI=1S/C21H17BrN2O4/c1-3-10-28-16-7-4-14(5-8-16)12-17-19(25)23-21(27)24(20(17)26)15-6-9-18(22)13(2)11-15/h3-9,11-12H,1,10H2,2H3,(H,23,25,27)/b17-12+. The van der Waals surface area contributed by atoms with Gasteiger partial charge in [-0.05, 0) is 54.5 Å². The van der Waals surface area contributed by atoms with E-state index in [9.17, 15) is 14.4 Å². The van der Waals surface area contributed by atoms with Crippen LogP contribution in [0.2, 0.25) is 0 Å². The molecule has 1 aliphatic heterocycles. The Kier molecular flexibility index (Phi) is 5.75. The van der Waals surface area contributed by atoms with E-state index in [1.165, 1.54) is 6.08 Å². The van der Waals surface area contributed by atoms with Crippen molar-refractivity contribution in [1.29, 1.82) is 0 Å². The highest BCUT2D eigenvalue weighted by Gasteiger charge is 2.36. The van der Waals surface area contributed by atoms with Gasteiger partial charge in [0.2, 0.25) is 0 Å². The lowest BCUT2D eigenvalue weighted by molar-refractivity contribution is -0.122. The van der Waals surface area contributed by atoms with Crippen molar-refractivity contribution in [2.45, 2.75) is 6.92 Å². The minimum atomic E-state index is -0.776. The molecule has 0 unspecified atom stereocenters. The topological polar surface area (TPSA) is 75.7 Å². The maximum absolute atomic E-state index is 12.9. The van der Waals surface area contributed by atoms with E-state index in [0.717, 1.165) is 14.9 Å². The molecule has 0 aromatic heterocycles. The summed E-state index contributed by atoms with van der Waals surface area (Å²) in [7, 11) is 0. The van der Waals surface area contributed by atoms with Crippen LogP contribution in [0, 0.1) is 6.92 Å². The third-order valence-electron chi connectivity index (χ3n) is 4.06. The minimum Gasteiger partial charge on any atom is -0.490 e. The Labute approximate surface area is 170 Å². The molecular formula is C21H17BrN2O4. The fourth-order valence-corrected chi connectivity index (χ4v) is 2.89. The number of aryl methyl sites for hydroxylation is 1. The van der Waals surface area contributed by atoms with Crippen LogP contribution < -0.4 is 15.0 Å². The van der Waals surface area contributed by atoms with Crippen molar-refractivity contribution in [3.05, 3.63) is 76.3 Å². The fourth-order valence-electron chi connectivity index (χ4n) is 2.64. The van der Waals surface area contributed by atoms with Gasteiger partial charge in [-0.1, -0.05) is 40.7 Å². The molecule has 0 aliphatic carbocycles. The van der Waals surface area contributed by atoms with Gasteiger partial charge >= 0.3 is 6.03 Å². The van der Waals surface area contributed by atoms with Crippen molar-refractivity contribution in [3.8, 4) is 5.75 Å². The highest BCUT2D eigenvalue weighted by molar-refractivity contribution is 9.10. The van der Waals surface area contributed by atoms with Crippen LogP contribution in [0.15, 0.2) is 65.2 Å². The van der Waals surface area contributed by atoms with Crippen LogP contribution in [0.5, 0.6) is 5.75 Å². The number of amides is 4. The van der Waals surface area contributed by atoms with Gasteiger partial charge in [0.1, 0.15) is 17.9 Å². The number of halogens is 1. The molecule has 1 fully saturated rings. The predicted molar refractivity (Wildman–Crippen MR) is 110 cm³/mol. The Bertz CT molecular complexity index is 996. The molecule has 0 atom stereocenters. The normalized spacial score (nSPS) is 15.6. The van der Waals surface area contributed by atoms with Crippen LogP contribution in [0.3, 0.4) is 0 Å². The molecule has 1 saturated heterocycles. The minimum absolute atomic E-state index is 0.125. The van der Waals surface area contributed by atoms with Crippen LogP contribution in [0.4, 0.5) is 10.5 Å². The van der Waals surface area contributed by atoms with Gasteiger partial charge in [0.05, 0.1) is 5.69 Å². The highest BCUT2D eigenvalue weighted by atomic mass is 79.9. The average Bonchev–Trinajstić information content (AvgIpc) is 2.67. The number of imide groups is 2. The van der Waals surface area contributed by atoms with Gasteiger partial charge in [-0.15, -0.1) is 0 Å². The van der Waals surface area contributed by atoms with Gasteiger partial charge in [-0.2, -0.15) is 0 Å². The summed E-state index contributed by atoms with van der Waals surface area (Å²) in [6.45, 7) is 5.81. The Morgan fingerprint density at radius 2 is 1.86 bits per heavy atom. The maximum Gasteiger partial charge on any atom is 0.335 e. The summed E-state index contributed by atoms with van der Waals surface area (Å²) in [6, 6.07) is 11.2. The molecule has 2 aromatic carbocycles. The lowest BCUT2D eigenvalue weighted by Crippen LogP contribution is -2.54. The number of ether oxygens (including phenoxy) is 1. The zero-order valence-corrected chi connectivity index (χ0v) is 16.7. The Hall–Kier alpha value is -3.19. The monoisotopic (exact) mass is 440 g/mol. The second-order valence-electron chi connectivity index (χ2n) is 6.06. The number of nitrogens with one attached hydrogen (secondary N) is 1. The van der Waals surface area contributed by atoms with Gasteiger partial charge in [0.15, 0.2) is 0 Å². The first-order valence-electron chi connectivity index (χ1n) is 8.42. The number of hydrogen-bond donors (Lipinski definition) is 1. The van der Waals surface area contributed by atoms with Gasteiger partial charge < -0.3 is 4.74 Å². The zero-order chi connectivity index (χ0) is 20.3. The fraction of sp³-hybridized carbons (Fsp3) is 0.0952. The number of hydrogen-bond acceptors (Lipinski definition) is 4. The summed E-state index contributed by atoms with van der Waals surface area (Å²) >= 11 is 3.39. The number of barbiturate groups is 1. The van der Waals surface area contributed by atoms with E-state index in [0.29, 0.717) is 23.6 Å². The van der Waals surface area contributed by atoms with Crippen molar-refractivity contribution in [2.24, 2.45) is 0 Å². The molecule has 1 N–H and O–H groups in total. The van der Waals surface area contributed by atoms with E-state index >= 15 is 0 Å². The highest BCUT2D eigenvalue weighted by Crippen LogP contribution is 2.26. The second kappa shape index (κ2) is 8.22. The molecule has 28 heavy (non-hydrogen) atoms. The number of carbonyl (C=O) groups excluding carboxylic acids is 3. The molecule has 142 valence electrons. The second-order valence-corrected chi connectivity index (χ2v) is 6.91. The van der Waals surface area contributed by atoms with E-state index in [1.807, 2.05) is 6.92 Å². The SMILES string of the molecule is C=CCOc1ccc(/C=C2\C(=O)NC(=O)N(c3ccc(Br)c(C)c3)C2=O)cc1. The van der Waals surface area contributed by atoms with Gasteiger partial charge in [0.25, 0.3) is 11.8 Å². The number of benzene rings is 2. The van der Waals surface area contributed by atoms with Crippen LogP contribution in [-0.2, 0) is 9.59 Å². The number of carbonyl (C=O) groups is 3. The molecule has 0 spiro atoms. The summed E-state index contributed by atoms with van der Waals surface area (Å²) in [5.41, 5.74) is 1.75.